The van der Waals surface area contributed by atoms with Crippen molar-refractivity contribution in [1.29, 1.82) is 0 Å². The zero-order valence-electron chi connectivity index (χ0n) is 13.6. The molecule has 2 aromatic carbocycles. The monoisotopic (exact) mass is 357 g/mol. The molecule has 0 fully saturated rings. The van der Waals surface area contributed by atoms with Gasteiger partial charge < -0.3 is 10.1 Å². The molecule has 1 aliphatic carbocycles. The van der Waals surface area contributed by atoms with Crippen molar-refractivity contribution in [3.8, 4) is 0 Å². The number of anilines is 1. The van der Waals surface area contributed by atoms with Gasteiger partial charge >= 0.3 is 5.97 Å². The number of carbonyl (C=O) groups excluding carboxylic acids is 1. The van der Waals surface area contributed by atoms with Gasteiger partial charge in [-0.3, -0.25) is 0 Å². The summed E-state index contributed by atoms with van der Waals surface area (Å²) >= 11 is 6.42. The molecule has 0 aromatic heterocycles. The van der Waals surface area contributed by atoms with E-state index in [-0.39, 0.29) is 29.7 Å². The van der Waals surface area contributed by atoms with Gasteiger partial charge in [-0.25, -0.2) is 9.18 Å². The summed E-state index contributed by atoms with van der Waals surface area (Å²) in [5.74, 6) is -0.409. The van der Waals surface area contributed by atoms with Crippen molar-refractivity contribution < 1.29 is 13.9 Å². The maximum absolute atomic E-state index is 13.7. The molecular formula is C20H17ClFNO2. The van der Waals surface area contributed by atoms with Crippen LogP contribution in [0.15, 0.2) is 48.6 Å². The molecule has 2 aliphatic rings. The average Bonchev–Trinajstić information content (AvgIpc) is 3.10. The molecule has 0 unspecified atom stereocenters. The predicted octanol–water partition coefficient (Wildman–Crippen LogP) is 5.09. The van der Waals surface area contributed by atoms with Gasteiger partial charge in [0.15, 0.2) is 0 Å². The first-order chi connectivity index (χ1) is 12.1. The fourth-order valence-corrected chi connectivity index (χ4v) is 4.21. The van der Waals surface area contributed by atoms with E-state index < -0.39 is 0 Å². The summed E-state index contributed by atoms with van der Waals surface area (Å²) in [6.07, 6.45) is 5.07. The van der Waals surface area contributed by atoms with E-state index in [1.54, 1.807) is 24.3 Å². The fourth-order valence-electron chi connectivity index (χ4n) is 3.99. The van der Waals surface area contributed by atoms with Crippen LogP contribution >= 0.6 is 11.6 Å². The summed E-state index contributed by atoms with van der Waals surface area (Å²) in [4.78, 5) is 12.2. The van der Waals surface area contributed by atoms with E-state index in [4.69, 9.17) is 16.3 Å². The third-order valence-electron chi connectivity index (χ3n) is 5.08. The molecule has 0 bridgehead atoms. The van der Waals surface area contributed by atoms with E-state index in [0.29, 0.717) is 10.6 Å². The molecule has 5 heteroatoms. The topological polar surface area (TPSA) is 38.3 Å². The molecule has 0 spiro atoms. The van der Waals surface area contributed by atoms with Crippen LogP contribution in [0.3, 0.4) is 0 Å². The van der Waals surface area contributed by atoms with Crippen LogP contribution in [0.2, 0.25) is 5.02 Å². The number of fused-ring (bicyclic) bond motifs is 3. The molecule has 2 aromatic rings. The molecule has 3 nitrogen and oxygen atoms in total. The van der Waals surface area contributed by atoms with Crippen LogP contribution < -0.4 is 5.32 Å². The quantitative estimate of drug-likeness (QED) is 0.600. The molecule has 0 amide bonds. The third kappa shape index (κ3) is 2.61. The van der Waals surface area contributed by atoms with Gasteiger partial charge in [-0.15, -0.1) is 0 Å². The number of ether oxygens (including phenoxy) is 1. The average molecular weight is 358 g/mol. The van der Waals surface area contributed by atoms with Crippen LogP contribution in [0.25, 0.3) is 0 Å². The van der Waals surface area contributed by atoms with Crippen molar-refractivity contribution in [2.45, 2.75) is 18.4 Å². The normalized spacial score (nSPS) is 23.6. The molecule has 0 radical (unpaired) electrons. The number of nitrogens with one attached hydrogen (secondary N) is 1. The molecule has 128 valence electrons. The molecule has 1 aliphatic heterocycles. The summed E-state index contributed by atoms with van der Waals surface area (Å²) in [6, 6.07) is 9.95. The lowest BCUT2D eigenvalue weighted by Gasteiger charge is -2.38. The second-order valence-corrected chi connectivity index (χ2v) is 6.81. The highest BCUT2D eigenvalue weighted by atomic mass is 35.5. The second-order valence-electron chi connectivity index (χ2n) is 6.41. The minimum absolute atomic E-state index is 0.0392. The van der Waals surface area contributed by atoms with Gasteiger partial charge in [-0.2, -0.15) is 0 Å². The Hall–Kier alpha value is -2.33. The summed E-state index contributed by atoms with van der Waals surface area (Å²) in [7, 11) is 1.37. The minimum Gasteiger partial charge on any atom is -0.465 e. The zero-order valence-corrected chi connectivity index (χ0v) is 14.4. The Morgan fingerprint density at radius 3 is 2.92 bits per heavy atom. The zero-order chi connectivity index (χ0) is 17.6. The molecule has 0 saturated carbocycles. The van der Waals surface area contributed by atoms with Gasteiger partial charge in [0, 0.05) is 5.92 Å². The van der Waals surface area contributed by atoms with Gasteiger partial charge in [0.2, 0.25) is 0 Å². The number of hydrogen-bond donors (Lipinski definition) is 1. The summed E-state index contributed by atoms with van der Waals surface area (Å²) in [5, 5.41) is 4.00. The summed E-state index contributed by atoms with van der Waals surface area (Å²) in [5.41, 5.74) is 3.00. The smallest absolute Gasteiger partial charge is 0.338 e. The van der Waals surface area contributed by atoms with Crippen LogP contribution in [0.4, 0.5) is 10.1 Å². The van der Waals surface area contributed by atoms with E-state index in [9.17, 15) is 9.18 Å². The largest absolute Gasteiger partial charge is 0.465 e. The predicted molar refractivity (Wildman–Crippen MR) is 95.5 cm³/mol. The highest BCUT2D eigenvalue weighted by Crippen LogP contribution is 2.52. The van der Waals surface area contributed by atoms with E-state index in [1.807, 2.05) is 6.07 Å². The van der Waals surface area contributed by atoms with Crippen molar-refractivity contribution in [1.82, 2.24) is 0 Å². The second kappa shape index (κ2) is 6.19. The van der Waals surface area contributed by atoms with Crippen LogP contribution in [-0.2, 0) is 4.74 Å². The number of hydrogen-bond acceptors (Lipinski definition) is 3. The molecule has 0 saturated heterocycles. The van der Waals surface area contributed by atoms with Gasteiger partial charge in [-0.05, 0) is 47.7 Å². The Kier molecular flexibility index (Phi) is 4.00. The van der Waals surface area contributed by atoms with Crippen LogP contribution in [-0.4, -0.2) is 13.1 Å². The first-order valence-electron chi connectivity index (χ1n) is 8.19. The highest BCUT2D eigenvalue weighted by Gasteiger charge is 2.41. The molecule has 1 heterocycles. The van der Waals surface area contributed by atoms with E-state index in [0.717, 1.165) is 23.2 Å². The van der Waals surface area contributed by atoms with Crippen molar-refractivity contribution in [3.05, 3.63) is 76.1 Å². The van der Waals surface area contributed by atoms with Crippen LogP contribution in [0.5, 0.6) is 0 Å². The fraction of sp³-hybridized carbons (Fsp3) is 0.250. The van der Waals surface area contributed by atoms with E-state index >= 15 is 0 Å². The van der Waals surface area contributed by atoms with Crippen molar-refractivity contribution in [2.75, 3.05) is 12.4 Å². The Morgan fingerprint density at radius 1 is 1.32 bits per heavy atom. The Balaban J connectivity index is 1.87. The molecular weight excluding hydrogens is 341 g/mol. The number of allylic oxidation sites excluding steroid dienone is 2. The lowest BCUT2D eigenvalue weighted by molar-refractivity contribution is 0.0598. The van der Waals surface area contributed by atoms with Crippen molar-refractivity contribution in [2.24, 2.45) is 5.92 Å². The minimum atomic E-state index is -0.377. The summed E-state index contributed by atoms with van der Waals surface area (Å²) < 4.78 is 18.7. The number of esters is 1. The van der Waals surface area contributed by atoms with E-state index in [2.05, 4.69) is 17.5 Å². The van der Waals surface area contributed by atoms with Gasteiger partial charge in [0.05, 0.1) is 29.4 Å². The Labute approximate surface area is 150 Å². The number of halogens is 2. The van der Waals surface area contributed by atoms with Crippen molar-refractivity contribution in [3.63, 3.8) is 0 Å². The number of rotatable bonds is 2. The number of carbonyl (C=O) groups is 1. The number of methoxy groups -OCH3 is 1. The van der Waals surface area contributed by atoms with Gasteiger partial charge in [0.1, 0.15) is 5.82 Å². The summed E-state index contributed by atoms with van der Waals surface area (Å²) in [6.45, 7) is 0. The standard InChI is InChI=1S/C20H17ClFNO2/c1-25-20(24)15-8-9-16(21)19-17(15)13-6-3-7-14(13)18(23-19)11-4-2-5-12(22)10-11/h2-6,8-10,13-14,18,23H,7H2,1H3/t13-,14+,18+/m1/s1. The third-order valence-corrected chi connectivity index (χ3v) is 5.40. The molecule has 25 heavy (non-hydrogen) atoms. The van der Waals surface area contributed by atoms with Crippen molar-refractivity contribution >= 4 is 23.3 Å². The lowest BCUT2D eigenvalue weighted by atomic mass is 9.75. The maximum Gasteiger partial charge on any atom is 0.338 e. The van der Waals surface area contributed by atoms with E-state index in [1.165, 1.54) is 13.2 Å². The van der Waals surface area contributed by atoms with Crippen LogP contribution in [0, 0.1) is 11.7 Å². The van der Waals surface area contributed by atoms with Gasteiger partial charge in [-0.1, -0.05) is 35.9 Å². The first kappa shape index (κ1) is 16.2. The first-order valence-corrected chi connectivity index (χ1v) is 8.57. The Morgan fingerprint density at radius 2 is 2.16 bits per heavy atom. The highest BCUT2D eigenvalue weighted by molar-refractivity contribution is 6.33. The lowest BCUT2D eigenvalue weighted by Crippen LogP contribution is -2.30. The maximum atomic E-state index is 13.7. The van der Waals surface area contributed by atoms with Crippen LogP contribution in [0.1, 0.15) is 39.9 Å². The molecule has 1 N–H and O–H groups in total. The van der Waals surface area contributed by atoms with Gasteiger partial charge in [0.25, 0.3) is 0 Å². The molecule has 3 atom stereocenters. The molecule has 4 rings (SSSR count). The number of benzene rings is 2. The Bertz CT molecular complexity index is 880. The SMILES string of the molecule is COC(=O)c1ccc(Cl)c2c1[C@@H]1C=CC[C@@H]1[C@H](c1cccc(F)c1)N2.